The third kappa shape index (κ3) is 13.2. The van der Waals surface area contributed by atoms with Gasteiger partial charge in [0, 0.05) is 0 Å². The van der Waals surface area contributed by atoms with E-state index in [-0.39, 0.29) is 0 Å². The van der Waals surface area contributed by atoms with Crippen LogP contribution in [0.3, 0.4) is 0 Å². The molecule has 0 aliphatic heterocycles. The van der Waals surface area contributed by atoms with E-state index in [1.165, 1.54) is 68.6 Å². The molecule has 0 fully saturated rings. The van der Waals surface area contributed by atoms with Crippen molar-refractivity contribution in [2.24, 2.45) is 0 Å². The van der Waals surface area contributed by atoms with E-state index >= 15 is 0 Å². The van der Waals surface area contributed by atoms with Crippen LogP contribution in [0.5, 0.6) is 0 Å². The van der Waals surface area contributed by atoms with E-state index in [0.717, 1.165) is 6.61 Å². The van der Waals surface area contributed by atoms with Crippen LogP contribution in [-0.4, -0.2) is 25.4 Å². The predicted octanol–water partition coefficient (Wildman–Crippen LogP) is 6.15. The third-order valence-corrected chi connectivity index (χ3v) is 10.9. The van der Waals surface area contributed by atoms with Crippen LogP contribution in [0.1, 0.15) is 78.1 Å². The molecule has 0 saturated heterocycles. The molecule has 0 aliphatic rings. The molecule has 0 atom stereocenters. The summed E-state index contributed by atoms with van der Waals surface area (Å²) in [5.41, 5.74) is 0. The number of unbranched alkanes of at least 4 members (excludes halogenated alkanes) is 8. The van der Waals surface area contributed by atoms with Gasteiger partial charge in [-0.25, -0.2) is 0 Å². The normalized spacial score (nSPS) is 12.0. The molecule has 0 radical (unpaired) electrons. The second-order valence-corrected chi connectivity index (χ2v) is 18.5. The van der Waals surface area contributed by atoms with Crippen LogP contribution in [0.25, 0.3) is 0 Å². The molecule has 0 aromatic rings. The molecule has 0 heterocycles. The first kappa shape index (κ1) is 18.8. The molecule has 0 N–H and O–H groups in total. The predicted molar refractivity (Wildman–Crippen MR) is 85.8 cm³/mol. The van der Waals surface area contributed by atoms with Crippen LogP contribution in [0.15, 0.2) is 0 Å². The number of hydrogen-bond acceptors (Lipinski definition) is 1. The Morgan fingerprint density at radius 1 is 0.667 bits per heavy atom. The fourth-order valence-electron chi connectivity index (χ4n) is 2.26. The van der Waals surface area contributed by atoms with E-state index in [2.05, 4.69) is 23.7 Å². The fraction of sp³-hybridized carbons (Fsp3) is 1.00. The monoisotopic (exact) mass is 364 g/mol. The Balaban J connectivity index is 3.23. The summed E-state index contributed by atoms with van der Waals surface area (Å²) in [6.07, 6.45) is 13.9. The van der Waals surface area contributed by atoms with Crippen molar-refractivity contribution in [1.82, 2.24) is 0 Å². The van der Waals surface area contributed by atoms with Gasteiger partial charge in [-0.3, -0.25) is 0 Å². The standard InChI is InChI=1S/C10H21O.C4H9.2CH3.Sn/c1-2-3-4-5-6-7-8-9-10-11;1-3-4-2;;;/h2-10H2,1H3;1,3-4H2,2H3;2*1H3;/q-1;;;;+1. The molecule has 2 heteroatoms. The maximum absolute atomic E-state index is 6.19. The Labute approximate surface area is 120 Å². The van der Waals surface area contributed by atoms with Crippen molar-refractivity contribution >= 4 is 18.8 Å². The second-order valence-electron chi connectivity index (χ2n) is 6.19. The maximum atomic E-state index is 6.19. The van der Waals surface area contributed by atoms with Gasteiger partial charge in [0.05, 0.1) is 0 Å². The second kappa shape index (κ2) is 12.8. The van der Waals surface area contributed by atoms with Crippen LogP contribution < -0.4 is 0 Å². The van der Waals surface area contributed by atoms with Crippen LogP contribution in [0.2, 0.25) is 14.3 Å². The summed E-state index contributed by atoms with van der Waals surface area (Å²) >= 11 is -2.03. The first-order valence-corrected chi connectivity index (χ1v) is 17.2. The molecule has 0 aliphatic carbocycles. The summed E-state index contributed by atoms with van der Waals surface area (Å²) in [6, 6.07) is 0. The van der Waals surface area contributed by atoms with Gasteiger partial charge in [0.25, 0.3) is 0 Å². The topological polar surface area (TPSA) is 9.23 Å². The van der Waals surface area contributed by atoms with Gasteiger partial charge < -0.3 is 0 Å². The van der Waals surface area contributed by atoms with E-state index in [0.29, 0.717) is 0 Å². The van der Waals surface area contributed by atoms with Crippen LogP contribution in [0.4, 0.5) is 0 Å². The van der Waals surface area contributed by atoms with Gasteiger partial charge in [-0.2, -0.15) is 0 Å². The summed E-state index contributed by atoms with van der Waals surface area (Å²) in [5, 5.41) is 0. The Morgan fingerprint density at radius 2 is 1.17 bits per heavy atom. The first-order chi connectivity index (χ1) is 8.62. The molecule has 1 nitrogen and oxygen atoms in total. The molecular weight excluding hydrogens is 327 g/mol. The quantitative estimate of drug-likeness (QED) is 0.282. The molecule has 0 saturated carbocycles. The van der Waals surface area contributed by atoms with Crippen molar-refractivity contribution in [3.8, 4) is 0 Å². The zero-order valence-electron chi connectivity index (χ0n) is 13.4. The van der Waals surface area contributed by atoms with E-state index in [1.807, 2.05) is 0 Å². The van der Waals surface area contributed by atoms with Crippen molar-refractivity contribution in [3.05, 3.63) is 0 Å². The Kier molecular flexibility index (Phi) is 13.3. The van der Waals surface area contributed by atoms with Gasteiger partial charge in [-0.1, -0.05) is 0 Å². The van der Waals surface area contributed by atoms with Crippen molar-refractivity contribution in [2.45, 2.75) is 92.4 Å². The molecule has 0 rings (SSSR count). The van der Waals surface area contributed by atoms with Crippen molar-refractivity contribution < 1.29 is 3.07 Å². The molecule has 0 aromatic carbocycles. The summed E-state index contributed by atoms with van der Waals surface area (Å²) in [7, 11) is 0. The van der Waals surface area contributed by atoms with Gasteiger partial charge in [0.1, 0.15) is 0 Å². The van der Waals surface area contributed by atoms with Gasteiger partial charge in [-0.05, 0) is 0 Å². The molecule has 110 valence electrons. The zero-order chi connectivity index (χ0) is 13.7. The van der Waals surface area contributed by atoms with E-state index in [1.54, 1.807) is 0 Å². The summed E-state index contributed by atoms with van der Waals surface area (Å²) in [4.78, 5) is 4.88. The van der Waals surface area contributed by atoms with Gasteiger partial charge >= 0.3 is 121 Å². The summed E-state index contributed by atoms with van der Waals surface area (Å²) in [5.74, 6) is 0. The number of rotatable bonds is 13. The third-order valence-electron chi connectivity index (χ3n) is 3.62. The average Bonchev–Trinajstić information content (AvgIpc) is 2.34. The minimum absolute atomic E-state index is 1.04. The summed E-state index contributed by atoms with van der Waals surface area (Å²) < 4.78 is 7.59. The molecule has 0 bridgehead atoms. The molecule has 0 aromatic heterocycles. The zero-order valence-corrected chi connectivity index (χ0v) is 16.2. The molecule has 18 heavy (non-hydrogen) atoms. The Bertz CT molecular complexity index is 168. The molecular formula is C16H36OSn. The van der Waals surface area contributed by atoms with E-state index in [4.69, 9.17) is 3.07 Å². The Morgan fingerprint density at radius 3 is 1.72 bits per heavy atom. The van der Waals surface area contributed by atoms with Crippen LogP contribution in [0, 0.1) is 0 Å². The van der Waals surface area contributed by atoms with Gasteiger partial charge in [0.2, 0.25) is 0 Å². The summed E-state index contributed by atoms with van der Waals surface area (Å²) in [6.45, 7) is 5.60. The fourth-order valence-corrected chi connectivity index (χ4v) is 8.10. The number of hydrogen-bond donors (Lipinski definition) is 0. The first-order valence-electron chi connectivity index (χ1n) is 8.26. The minimum atomic E-state index is -2.03. The van der Waals surface area contributed by atoms with Crippen LogP contribution in [-0.2, 0) is 3.07 Å². The molecule has 0 amide bonds. The van der Waals surface area contributed by atoms with E-state index in [9.17, 15) is 0 Å². The Hall–Kier alpha value is 0.759. The van der Waals surface area contributed by atoms with Crippen molar-refractivity contribution in [2.75, 3.05) is 6.61 Å². The van der Waals surface area contributed by atoms with Gasteiger partial charge in [-0.15, -0.1) is 0 Å². The van der Waals surface area contributed by atoms with Gasteiger partial charge in [0.15, 0.2) is 0 Å². The van der Waals surface area contributed by atoms with Crippen molar-refractivity contribution in [1.29, 1.82) is 0 Å². The van der Waals surface area contributed by atoms with Crippen LogP contribution >= 0.6 is 0 Å². The van der Waals surface area contributed by atoms with Crippen molar-refractivity contribution in [3.63, 3.8) is 0 Å². The SMILES string of the molecule is CCCCCCCCCC[O][Sn]([CH3])([CH3])[CH2]CCC. The average molecular weight is 363 g/mol. The van der Waals surface area contributed by atoms with E-state index < -0.39 is 18.8 Å². The molecule has 0 unspecified atom stereocenters. The molecule has 0 spiro atoms.